The lowest BCUT2D eigenvalue weighted by molar-refractivity contribution is -0.142. The summed E-state index contributed by atoms with van der Waals surface area (Å²) in [6.45, 7) is -0.678. The number of carbonyl (C=O) groups is 10. The van der Waals surface area contributed by atoms with Crippen LogP contribution >= 0.6 is 0 Å². The van der Waals surface area contributed by atoms with E-state index in [0.29, 0.717) is 70.3 Å². The number of aliphatic hydroxyl groups is 3. The molecular formula is C54H101N23O13. The zero-order chi connectivity index (χ0) is 67.1. The number of nitrogens with one attached hydrogen (secondary N) is 10. The minimum absolute atomic E-state index is 0.0114. The van der Waals surface area contributed by atoms with Crippen LogP contribution in [0.2, 0.25) is 0 Å². The van der Waals surface area contributed by atoms with Gasteiger partial charge in [-0.25, -0.2) is 4.98 Å². The van der Waals surface area contributed by atoms with E-state index in [1.165, 1.54) is 23.5 Å². The van der Waals surface area contributed by atoms with Gasteiger partial charge in [-0.1, -0.05) is 12.5 Å². The van der Waals surface area contributed by atoms with E-state index in [1.807, 2.05) is 0 Å². The smallest absolute Gasteiger partial charge is 0.268 e. The zero-order valence-corrected chi connectivity index (χ0v) is 51.2. The van der Waals surface area contributed by atoms with Crippen LogP contribution in [0.4, 0.5) is 0 Å². The second-order valence-corrected chi connectivity index (χ2v) is 21.6. The summed E-state index contributed by atoms with van der Waals surface area (Å²) in [6.07, 6.45) is 3.13. The van der Waals surface area contributed by atoms with Crippen LogP contribution in [-0.4, -0.2) is 234 Å². The topological polar surface area (TPSA) is 644 Å². The van der Waals surface area contributed by atoms with E-state index in [1.54, 1.807) is 0 Å². The Morgan fingerprint density at radius 2 is 1.24 bits per heavy atom. The van der Waals surface area contributed by atoms with E-state index in [2.05, 4.69) is 62.8 Å². The SMILES string of the molecule is NCCCCNC(=O)[C@H](CCCCN)NC(=O)/C(=C/CCN=C(N)N)NC(=O)[C@H](CC[C@H](O)CN)NC(=O)[C@H](Cc1cnc[nH]1)NC(=O)[C@@H]1CCCN1C(=O)[C@@H](CCCN)NC(=O)CNC(=O)[C@@H](NC(=O)[C@@H](NC(=O)[C@@H](N)CCCCN)[C@@H](O)CN)[C@@H](O)CN. The minimum atomic E-state index is -1.85. The van der Waals surface area contributed by atoms with Gasteiger partial charge in [-0.2, -0.15) is 0 Å². The molecule has 1 fully saturated rings. The molecule has 0 spiro atoms. The molecule has 90 heavy (non-hydrogen) atoms. The average Bonchev–Trinajstić information content (AvgIpc) is 1.78. The largest absolute Gasteiger partial charge is 0.392 e. The maximum Gasteiger partial charge on any atom is 0.268 e. The first-order valence-corrected chi connectivity index (χ1v) is 30.4. The number of amides is 10. The first-order valence-electron chi connectivity index (χ1n) is 30.4. The first-order chi connectivity index (χ1) is 43.0. The number of aliphatic hydroxyl groups excluding tert-OH is 3. The lowest BCUT2D eigenvalue weighted by atomic mass is 10.0. The highest BCUT2D eigenvalue weighted by atomic mass is 16.3. The number of aliphatic imine (C=N–C) groups is 1. The molecule has 10 amide bonds. The fourth-order valence-corrected chi connectivity index (χ4v) is 9.23. The van der Waals surface area contributed by atoms with Crippen LogP contribution in [0.1, 0.15) is 102 Å². The molecule has 2 rings (SSSR count). The molecule has 510 valence electrons. The molecule has 0 bridgehead atoms. The highest BCUT2D eigenvalue weighted by molar-refractivity contribution is 6.02. The minimum Gasteiger partial charge on any atom is -0.392 e. The third-order valence-corrected chi connectivity index (χ3v) is 14.4. The maximum atomic E-state index is 14.5. The van der Waals surface area contributed by atoms with Gasteiger partial charge in [0.2, 0.25) is 53.2 Å². The number of aromatic nitrogens is 2. The number of carbonyl (C=O) groups excluding carboxylic acids is 10. The Morgan fingerprint density at radius 1 is 0.633 bits per heavy atom. The Kier molecular flexibility index (Phi) is 38.4. The van der Waals surface area contributed by atoms with Crippen molar-refractivity contribution in [2.24, 2.45) is 62.3 Å². The summed E-state index contributed by atoms with van der Waals surface area (Å²) in [6, 6.07) is -11.3. The molecule has 1 aromatic heterocycles. The molecule has 1 aliphatic heterocycles. The number of guanidine groups is 1. The molecule has 1 aliphatic rings. The predicted molar refractivity (Wildman–Crippen MR) is 331 cm³/mol. The van der Waals surface area contributed by atoms with Crippen LogP contribution < -0.4 is 105 Å². The van der Waals surface area contributed by atoms with Crippen LogP contribution in [0.5, 0.6) is 0 Å². The summed E-state index contributed by atoms with van der Waals surface area (Å²) in [4.78, 5) is 151. The maximum absolute atomic E-state index is 14.5. The number of H-pyrrole nitrogens is 1. The van der Waals surface area contributed by atoms with Crippen LogP contribution in [0.15, 0.2) is 29.3 Å². The van der Waals surface area contributed by atoms with Gasteiger partial charge in [0.1, 0.15) is 48.0 Å². The summed E-state index contributed by atoms with van der Waals surface area (Å²) in [5, 5.41) is 54.5. The Labute approximate surface area is 523 Å². The highest BCUT2D eigenvalue weighted by Crippen LogP contribution is 2.21. The lowest BCUT2D eigenvalue weighted by Gasteiger charge is -2.30. The van der Waals surface area contributed by atoms with Gasteiger partial charge in [0.25, 0.3) is 5.91 Å². The van der Waals surface area contributed by atoms with Gasteiger partial charge in [0.15, 0.2) is 5.96 Å². The number of imidazole rings is 1. The van der Waals surface area contributed by atoms with Crippen molar-refractivity contribution < 1.29 is 63.3 Å². The molecule has 2 heterocycles. The Hall–Kier alpha value is -7.52. The normalized spacial score (nSPS) is 16.5. The van der Waals surface area contributed by atoms with Gasteiger partial charge in [0.05, 0.1) is 37.2 Å². The van der Waals surface area contributed by atoms with Gasteiger partial charge < -0.3 is 130 Å². The second-order valence-electron chi connectivity index (χ2n) is 21.6. The van der Waals surface area contributed by atoms with Crippen molar-refractivity contribution in [2.45, 2.75) is 169 Å². The third-order valence-electron chi connectivity index (χ3n) is 14.4. The Balaban J connectivity index is 2.41. The fourth-order valence-electron chi connectivity index (χ4n) is 9.23. The van der Waals surface area contributed by atoms with Crippen LogP contribution in [0.25, 0.3) is 0 Å². The molecule has 0 aromatic carbocycles. The second kappa shape index (κ2) is 44.0. The number of hydrogen-bond acceptors (Lipinski definition) is 23. The van der Waals surface area contributed by atoms with E-state index in [-0.39, 0.29) is 102 Å². The van der Waals surface area contributed by atoms with Gasteiger partial charge >= 0.3 is 0 Å². The van der Waals surface area contributed by atoms with Crippen LogP contribution in [0.3, 0.4) is 0 Å². The van der Waals surface area contributed by atoms with Crippen molar-refractivity contribution in [2.75, 3.05) is 72.0 Å². The number of aromatic amines is 1. The van der Waals surface area contributed by atoms with Crippen molar-refractivity contribution >= 4 is 65.0 Å². The quantitative estimate of drug-likeness (QED) is 0.0125. The summed E-state index contributed by atoms with van der Waals surface area (Å²) in [5.41, 5.74) is 56.6. The molecule has 0 aliphatic carbocycles. The van der Waals surface area contributed by atoms with Gasteiger partial charge in [-0.3, -0.25) is 52.9 Å². The van der Waals surface area contributed by atoms with Crippen molar-refractivity contribution in [1.82, 2.24) is 62.7 Å². The molecule has 0 saturated carbocycles. The summed E-state index contributed by atoms with van der Waals surface area (Å²) in [7, 11) is 0. The Morgan fingerprint density at radius 3 is 1.86 bits per heavy atom. The number of nitrogens with two attached hydrogens (primary N) is 10. The number of hydrogen-bond donors (Lipinski definition) is 23. The standard InChI is InChI=1S/C54H101N23O13/c55-17-3-1-10-33(62)45(82)75-44(41(80)27-61)52(89)76-43(40(79)26-60)51(88)68-29-42(81)70-37(12-7-20-58)53(90)77-23-9-14-39(77)50(87)74-38(24-31-28-65-30-69-31)49(86)73-36(16-15-32(78)25-59)48(85)72-35(13-8-22-67-54(63)64)47(84)71-34(11-2-4-18-56)46(83)66-21-6-5-19-57/h13,28,30,32-34,36-41,43-44,78-80H,1-12,14-27,29,55-62H2,(H,65,69)(H,66,83)(H,68,88)(H,70,81)(H,71,84)(H,72,85)(H,73,86)(H,74,87)(H,75,82)(H,76,89)(H4,63,64,67)/b35-13-/t32-,33-,34-,36-,37+,38-,39-,40-,41-,43-,44-/m0/s1. The van der Waals surface area contributed by atoms with Crippen LogP contribution in [-0.2, 0) is 54.4 Å². The molecule has 11 atom stereocenters. The van der Waals surface area contributed by atoms with Crippen molar-refractivity contribution in [3.8, 4) is 0 Å². The lowest BCUT2D eigenvalue weighted by Crippen LogP contribution is -2.63. The van der Waals surface area contributed by atoms with Gasteiger partial charge in [-0.15, -0.1) is 0 Å². The fraction of sp³-hybridized carbons (Fsp3) is 0.704. The summed E-state index contributed by atoms with van der Waals surface area (Å²) >= 11 is 0. The number of nitrogens with zero attached hydrogens (tertiary/aromatic N) is 3. The molecule has 1 aromatic rings. The van der Waals surface area contributed by atoms with Crippen LogP contribution in [0, 0.1) is 0 Å². The summed E-state index contributed by atoms with van der Waals surface area (Å²) < 4.78 is 0. The number of rotatable bonds is 46. The van der Waals surface area contributed by atoms with E-state index >= 15 is 0 Å². The van der Waals surface area contributed by atoms with Gasteiger partial charge in [0, 0.05) is 57.6 Å². The highest BCUT2D eigenvalue weighted by Gasteiger charge is 2.40. The molecule has 0 unspecified atom stereocenters. The molecule has 1 saturated heterocycles. The van der Waals surface area contributed by atoms with Crippen molar-refractivity contribution in [3.05, 3.63) is 30.0 Å². The van der Waals surface area contributed by atoms with Crippen molar-refractivity contribution in [1.29, 1.82) is 0 Å². The average molecular weight is 1280 g/mol. The first kappa shape index (κ1) is 78.6. The van der Waals surface area contributed by atoms with E-state index < -0.39 is 145 Å². The predicted octanol–water partition coefficient (Wildman–Crippen LogP) is -10.4. The summed E-state index contributed by atoms with van der Waals surface area (Å²) in [5.74, 6) is -9.04. The van der Waals surface area contributed by atoms with Crippen molar-refractivity contribution in [3.63, 3.8) is 0 Å². The molecule has 36 heteroatoms. The third kappa shape index (κ3) is 29.0. The van der Waals surface area contributed by atoms with E-state index in [0.717, 1.165) is 0 Å². The number of likely N-dealkylation sites (tertiary alicyclic amines) is 1. The monoisotopic (exact) mass is 1280 g/mol. The molecule has 33 N–H and O–H groups in total. The van der Waals surface area contributed by atoms with E-state index in [9.17, 15) is 63.3 Å². The molecule has 36 nitrogen and oxygen atoms in total. The van der Waals surface area contributed by atoms with E-state index in [4.69, 9.17) is 57.3 Å². The molecular weight excluding hydrogens is 1180 g/mol. The zero-order valence-electron chi connectivity index (χ0n) is 51.2. The van der Waals surface area contributed by atoms with Gasteiger partial charge in [-0.05, 0) is 116 Å². The number of unbranched alkanes of at least 4 members (excludes halogenated alkanes) is 3. The Bertz CT molecular complexity index is 2460. The molecule has 0 radical (unpaired) electrons.